The summed E-state index contributed by atoms with van der Waals surface area (Å²) in [4.78, 5) is 1.68. The highest BCUT2D eigenvalue weighted by Crippen LogP contribution is 2.21. The van der Waals surface area contributed by atoms with Crippen LogP contribution in [0.15, 0.2) is 89.8 Å². The number of nitrogens with zero attached hydrogens (tertiary/aromatic N) is 1. The molecule has 1 aliphatic heterocycles. The average Bonchev–Trinajstić information content (AvgIpc) is 2.76. The van der Waals surface area contributed by atoms with Gasteiger partial charge < -0.3 is 4.90 Å². The van der Waals surface area contributed by atoms with Gasteiger partial charge in [0.1, 0.15) is 6.04 Å². The number of halogens is 1. The monoisotopic (exact) mass is 427 g/mol. The van der Waals surface area contributed by atoms with Crippen molar-refractivity contribution in [2.24, 2.45) is 0 Å². The Morgan fingerprint density at radius 1 is 0.759 bits per heavy atom. The molecule has 0 aromatic heterocycles. The van der Waals surface area contributed by atoms with Crippen LogP contribution in [0, 0.1) is 0 Å². The minimum atomic E-state index is -3.50. The van der Waals surface area contributed by atoms with Crippen molar-refractivity contribution in [2.75, 3.05) is 26.2 Å². The largest absolute Gasteiger partial charge is 0.323 e. The van der Waals surface area contributed by atoms with Crippen molar-refractivity contribution >= 4 is 21.6 Å². The maximum Gasteiger partial charge on any atom is 0.243 e. The molecule has 1 aliphatic rings. The Balaban J connectivity index is 1.55. The van der Waals surface area contributed by atoms with E-state index in [4.69, 9.17) is 11.6 Å². The summed E-state index contributed by atoms with van der Waals surface area (Å²) >= 11 is 5.91. The van der Waals surface area contributed by atoms with Crippen molar-refractivity contribution in [3.63, 3.8) is 0 Å². The molecule has 3 aromatic carbocycles. The first kappa shape index (κ1) is 20.1. The van der Waals surface area contributed by atoms with Crippen LogP contribution in [0.2, 0.25) is 5.02 Å². The van der Waals surface area contributed by atoms with Crippen LogP contribution >= 0.6 is 11.6 Å². The van der Waals surface area contributed by atoms with Gasteiger partial charge in [0.25, 0.3) is 0 Å². The zero-order valence-corrected chi connectivity index (χ0v) is 17.6. The van der Waals surface area contributed by atoms with E-state index >= 15 is 0 Å². The van der Waals surface area contributed by atoms with Gasteiger partial charge in [-0.15, -0.1) is 0 Å². The van der Waals surface area contributed by atoms with E-state index in [1.165, 1.54) is 16.0 Å². The number of quaternary nitrogens is 1. The highest BCUT2D eigenvalue weighted by atomic mass is 35.5. The molecule has 29 heavy (non-hydrogen) atoms. The first-order valence-electron chi connectivity index (χ1n) is 9.76. The number of hydrogen-bond acceptors (Lipinski definition) is 2. The quantitative estimate of drug-likeness (QED) is 0.680. The lowest BCUT2D eigenvalue weighted by molar-refractivity contribution is -0.929. The Hall–Kier alpha value is -2.18. The molecule has 0 amide bonds. The van der Waals surface area contributed by atoms with Crippen LogP contribution < -0.4 is 4.90 Å². The topological polar surface area (TPSA) is 41.8 Å². The number of rotatable bonds is 5. The number of hydrogen-bond donors (Lipinski definition) is 1. The van der Waals surface area contributed by atoms with Crippen LogP contribution in [0.3, 0.4) is 0 Å². The molecule has 0 bridgehead atoms. The second kappa shape index (κ2) is 8.67. The lowest BCUT2D eigenvalue weighted by Gasteiger charge is -2.36. The molecule has 0 aliphatic carbocycles. The molecule has 0 radical (unpaired) electrons. The third-order valence-corrected chi connectivity index (χ3v) is 7.65. The summed E-state index contributed by atoms with van der Waals surface area (Å²) < 4.78 is 27.6. The second-order valence-electron chi connectivity index (χ2n) is 7.27. The van der Waals surface area contributed by atoms with Crippen LogP contribution in [-0.4, -0.2) is 38.9 Å². The van der Waals surface area contributed by atoms with Crippen molar-refractivity contribution in [2.45, 2.75) is 10.9 Å². The zero-order chi connectivity index (χ0) is 20.3. The van der Waals surface area contributed by atoms with Gasteiger partial charge in [-0.3, -0.25) is 0 Å². The molecule has 4 nitrogen and oxygen atoms in total. The third kappa shape index (κ3) is 4.38. The van der Waals surface area contributed by atoms with Crippen LogP contribution in [0.25, 0.3) is 0 Å². The van der Waals surface area contributed by atoms with Gasteiger partial charge in [-0.25, -0.2) is 8.42 Å². The van der Waals surface area contributed by atoms with Gasteiger partial charge in [0.2, 0.25) is 10.0 Å². The molecule has 4 rings (SSSR count). The predicted octanol–water partition coefficient (Wildman–Crippen LogP) is 3.02. The summed E-state index contributed by atoms with van der Waals surface area (Å²) in [6, 6.07) is 27.5. The minimum absolute atomic E-state index is 0.192. The van der Waals surface area contributed by atoms with Crippen LogP contribution in [0.4, 0.5) is 0 Å². The fourth-order valence-electron chi connectivity index (χ4n) is 4.01. The maximum absolute atomic E-state index is 13.0. The van der Waals surface area contributed by atoms with Gasteiger partial charge in [-0.05, 0) is 24.3 Å². The van der Waals surface area contributed by atoms with E-state index in [9.17, 15) is 8.42 Å². The standard InChI is InChI=1S/C23H23ClN2O2S/c24-21-11-13-22(14-12-21)29(27,28)26-17-15-25(16-18-26)23(19-7-3-1-4-8-19)20-9-5-2-6-10-20/h1-14,23H,15-18H2/p+1. The predicted molar refractivity (Wildman–Crippen MR) is 116 cm³/mol. The van der Waals surface area contributed by atoms with Gasteiger partial charge >= 0.3 is 0 Å². The number of benzene rings is 3. The third-order valence-electron chi connectivity index (χ3n) is 5.49. The Morgan fingerprint density at radius 3 is 1.72 bits per heavy atom. The molecule has 0 spiro atoms. The van der Waals surface area contributed by atoms with Gasteiger partial charge in [-0.2, -0.15) is 4.31 Å². The Bertz CT molecular complexity index is 994. The summed E-state index contributed by atoms with van der Waals surface area (Å²) in [6.07, 6.45) is 0. The summed E-state index contributed by atoms with van der Waals surface area (Å²) in [6.45, 7) is 2.50. The molecular formula is C23H24ClN2O2S+. The highest BCUT2D eigenvalue weighted by Gasteiger charge is 2.34. The molecule has 150 valence electrons. The summed E-state index contributed by atoms with van der Waals surface area (Å²) in [5.41, 5.74) is 2.51. The van der Waals surface area contributed by atoms with Crippen molar-refractivity contribution in [3.8, 4) is 0 Å². The SMILES string of the molecule is O=S(=O)(c1ccc(Cl)cc1)N1CC[NH+](C(c2ccccc2)c2ccccc2)CC1. The Kier molecular flexibility index (Phi) is 6.01. The average molecular weight is 428 g/mol. The first-order chi connectivity index (χ1) is 14.1. The van der Waals surface area contributed by atoms with Gasteiger partial charge in [-0.1, -0.05) is 72.3 Å². The maximum atomic E-state index is 13.0. The molecule has 0 unspecified atom stereocenters. The summed E-state index contributed by atoms with van der Waals surface area (Å²) in [5.74, 6) is 0. The number of piperazine rings is 1. The van der Waals surface area contributed by atoms with E-state index in [0.29, 0.717) is 23.0 Å². The van der Waals surface area contributed by atoms with Crippen LogP contribution in [0.1, 0.15) is 17.2 Å². The minimum Gasteiger partial charge on any atom is -0.323 e. The van der Waals surface area contributed by atoms with Gasteiger partial charge in [0.05, 0.1) is 31.1 Å². The molecule has 6 heteroatoms. The van der Waals surface area contributed by atoms with Gasteiger partial charge in [0, 0.05) is 16.1 Å². The molecule has 1 N–H and O–H groups in total. The number of nitrogens with one attached hydrogen (secondary N) is 1. The van der Waals surface area contributed by atoms with Crippen molar-refractivity contribution < 1.29 is 13.3 Å². The molecule has 0 saturated carbocycles. The zero-order valence-electron chi connectivity index (χ0n) is 16.0. The van der Waals surface area contributed by atoms with E-state index in [1.807, 2.05) is 12.1 Å². The molecule has 1 saturated heterocycles. The molecule has 3 aromatic rings. The number of sulfonamides is 1. The normalized spacial score (nSPS) is 16.2. The van der Waals surface area contributed by atoms with Gasteiger partial charge in [0.15, 0.2) is 0 Å². The fraction of sp³-hybridized carbons (Fsp3) is 0.217. The van der Waals surface area contributed by atoms with Crippen LogP contribution in [0.5, 0.6) is 0 Å². The van der Waals surface area contributed by atoms with E-state index in [2.05, 4.69) is 48.5 Å². The molecular weight excluding hydrogens is 404 g/mol. The van der Waals surface area contributed by atoms with E-state index in [-0.39, 0.29) is 6.04 Å². The fourth-order valence-corrected chi connectivity index (χ4v) is 5.58. The lowest BCUT2D eigenvalue weighted by Crippen LogP contribution is -3.15. The first-order valence-corrected chi connectivity index (χ1v) is 11.6. The Morgan fingerprint density at radius 2 is 1.24 bits per heavy atom. The molecule has 0 atom stereocenters. The lowest BCUT2D eigenvalue weighted by atomic mass is 9.96. The smallest absolute Gasteiger partial charge is 0.243 e. The highest BCUT2D eigenvalue weighted by molar-refractivity contribution is 7.89. The summed E-state index contributed by atoms with van der Waals surface area (Å²) in [7, 11) is -3.50. The van der Waals surface area contributed by atoms with E-state index in [1.54, 1.807) is 28.6 Å². The summed E-state index contributed by atoms with van der Waals surface area (Å²) in [5, 5.41) is 0.534. The van der Waals surface area contributed by atoms with E-state index in [0.717, 1.165) is 13.1 Å². The van der Waals surface area contributed by atoms with Crippen molar-refractivity contribution in [1.82, 2.24) is 4.31 Å². The van der Waals surface area contributed by atoms with E-state index < -0.39 is 10.0 Å². The molecule has 1 heterocycles. The Labute approximate surface area is 177 Å². The van der Waals surface area contributed by atoms with Crippen LogP contribution in [-0.2, 0) is 10.0 Å². The molecule has 1 fully saturated rings. The van der Waals surface area contributed by atoms with Crippen molar-refractivity contribution in [1.29, 1.82) is 0 Å². The van der Waals surface area contributed by atoms with Crippen molar-refractivity contribution in [3.05, 3.63) is 101 Å². The second-order valence-corrected chi connectivity index (χ2v) is 9.65.